The SMILES string of the molecule is CCCCCCCCCCCC[N+](C)(C)CCCOP(=O)(O)OCCCCCCCCCC. The number of rotatable bonds is 26. The summed E-state index contributed by atoms with van der Waals surface area (Å²) in [6.07, 6.45) is 23.9. The van der Waals surface area contributed by atoms with Crippen molar-refractivity contribution >= 4 is 7.82 Å². The fourth-order valence-electron chi connectivity index (χ4n) is 4.26. The second kappa shape index (κ2) is 22.5. The zero-order valence-corrected chi connectivity index (χ0v) is 23.7. The summed E-state index contributed by atoms with van der Waals surface area (Å²) in [5.41, 5.74) is 0. The minimum absolute atomic E-state index is 0.283. The second-order valence-corrected chi connectivity index (χ2v) is 12.0. The number of phosphoric acid groups is 1. The van der Waals surface area contributed by atoms with Crippen molar-refractivity contribution in [2.75, 3.05) is 40.4 Å². The van der Waals surface area contributed by atoms with E-state index >= 15 is 0 Å². The molecular weight excluding hydrogens is 433 g/mol. The van der Waals surface area contributed by atoms with Gasteiger partial charge in [0, 0.05) is 6.42 Å². The summed E-state index contributed by atoms with van der Waals surface area (Å²) in [5, 5.41) is 0. The lowest BCUT2D eigenvalue weighted by molar-refractivity contribution is -0.890. The molecule has 0 spiro atoms. The monoisotopic (exact) mass is 492 g/mol. The van der Waals surface area contributed by atoms with E-state index in [1.807, 2.05) is 0 Å². The first-order valence-electron chi connectivity index (χ1n) is 14.3. The van der Waals surface area contributed by atoms with E-state index in [-0.39, 0.29) is 6.61 Å². The maximum atomic E-state index is 12.0. The Labute approximate surface area is 207 Å². The maximum absolute atomic E-state index is 12.0. The van der Waals surface area contributed by atoms with E-state index in [4.69, 9.17) is 9.05 Å². The first-order valence-corrected chi connectivity index (χ1v) is 15.8. The van der Waals surface area contributed by atoms with Gasteiger partial charge in [-0.05, 0) is 19.3 Å². The van der Waals surface area contributed by atoms with Crippen molar-refractivity contribution in [1.29, 1.82) is 0 Å². The largest absolute Gasteiger partial charge is 0.472 e. The van der Waals surface area contributed by atoms with Crippen molar-refractivity contribution in [1.82, 2.24) is 0 Å². The Hall–Kier alpha value is 0.0700. The summed E-state index contributed by atoms with van der Waals surface area (Å²) in [4.78, 5) is 9.85. The molecule has 33 heavy (non-hydrogen) atoms. The van der Waals surface area contributed by atoms with Gasteiger partial charge in [-0.25, -0.2) is 4.57 Å². The zero-order valence-electron chi connectivity index (χ0n) is 22.8. The number of quaternary nitrogens is 1. The number of hydrogen-bond acceptors (Lipinski definition) is 3. The molecule has 5 nitrogen and oxygen atoms in total. The topological polar surface area (TPSA) is 55.8 Å². The molecule has 0 fully saturated rings. The molecule has 0 radical (unpaired) electrons. The standard InChI is InChI=1S/C27H58NO4P/c1-5-7-9-11-13-15-16-17-19-21-24-28(3,4)25-23-27-32-33(29,30)31-26-22-20-18-14-12-10-8-6-2/h5-27H2,1-4H3/p+1. The van der Waals surface area contributed by atoms with Gasteiger partial charge < -0.3 is 9.38 Å². The first-order chi connectivity index (χ1) is 15.8. The molecule has 200 valence electrons. The molecule has 0 saturated heterocycles. The van der Waals surface area contributed by atoms with E-state index < -0.39 is 7.82 Å². The van der Waals surface area contributed by atoms with Crippen LogP contribution in [0.25, 0.3) is 0 Å². The maximum Gasteiger partial charge on any atom is 0.472 e. The zero-order chi connectivity index (χ0) is 24.7. The highest BCUT2D eigenvalue weighted by molar-refractivity contribution is 7.47. The molecule has 6 heteroatoms. The van der Waals surface area contributed by atoms with Crippen molar-refractivity contribution in [3.8, 4) is 0 Å². The van der Waals surface area contributed by atoms with Gasteiger partial charge in [0.05, 0.1) is 40.4 Å². The summed E-state index contributed by atoms with van der Waals surface area (Å²) in [6, 6.07) is 0. The van der Waals surface area contributed by atoms with E-state index in [0.717, 1.165) is 36.8 Å². The van der Waals surface area contributed by atoms with Crippen molar-refractivity contribution in [2.45, 2.75) is 136 Å². The van der Waals surface area contributed by atoms with Crippen LogP contribution in [-0.4, -0.2) is 49.8 Å². The predicted molar refractivity (Wildman–Crippen MR) is 143 cm³/mol. The summed E-state index contributed by atoms with van der Waals surface area (Å²) >= 11 is 0. The molecule has 0 saturated carbocycles. The Kier molecular flexibility index (Phi) is 22.6. The fourth-order valence-corrected chi connectivity index (χ4v) is 5.06. The highest BCUT2D eigenvalue weighted by Gasteiger charge is 2.21. The number of hydrogen-bond donors (Lipinski definition) is 1. The van der Waals surface area contributed by atoms with Crippen LogP contribution in [0.1, 0.15) is 136 Å². The van der Waals surface area contributed by atoms with Gasteiger partial charge in [-0.2, -0.15) is 0 Å². The van der Waals surface area contributed by atoms with Gasteiger partial charge in [0.15, 0.2) is 0 Å². The normalized spacial score (nSPS) is 14.0. The Balaban J connectivity index is 3.59. The lowest BCUT2D eigenvalue weighted by atomic mass is 10.1. The molecular formula is C27H59NO4P+. The minimum Gasteiger partial charge on any atom is -0.328 e. The van der Waals surface area contributed by atoms with Crippen molar-refractivity contribution < 1.29 is 23.0 Å². The van der Waals surface area contributed by atoms with E-state index in [0.29, 0.717) is 6.61 Å². The summed E-state index contributed by atoms with van der Waals surface area (Å²) in [7, 11) is 0.584. The van der Waals surface area contributed by atoms with Crippen LogP contribution in [0.3, 0.4) is 0 Å². The average molecular weight is 493 g/mol. The summed E-state index contributed by atoms with van der Waals surface area (Å²) < 4.78 is 23.3. The van der Waals surface area contributed by atoms with Crippen LogP contribution in [0, 0.1) is 0 Å². The minimum atomic E-state index is -3.90. The van der Waals surface area contributed by atoms with Crippen molar-refractivity contribution in [3.05, 3.63) is 0 Å². The van der Waals surface area contributed by atoms with Crippen LogP contribution >= 0.6 is 7.82 Å². The molecule has 0 aromatic carbocycles. The highest BCUT2D eigenvalue weighted by Crippen LogP contribution is 2.43. The molecule has 0 aromatic heterocycles. The molecule has 1 atom stereocenters. The second-order valence-electron chi connectivity index (χ2n) is 10.5. The van der Waals surface area contributed by atoms with Gasteiger partial charge in [0.1, 0.15) is 0 Å². The molecule has 0 aliphatic rings. The molecule has 0 heterocycles. The average Bonchev–Trinajstić information content (AvgIpc) is 2.77. The van der Waals surface area contributed by atoms with Crippen LogP contribution in [0.4, 0.5) is 0 Å². The van der Waals surface area contributed by atoms with Crippen LogP contribution < -0.4 is 0 Å². The predicted octanol–water partition coefficient (Wildman–Crippen LogP) is 8.65. The van der Waals surface area contributed by atoms with Gasteiger partial charge in [0.2, 0.25) is 0 Å². The number of phosphoric ester groups is 1. The Bertz CT molecular complexity index is 459. The lowest BCUT2D eigenvalue weighted by Crippen LogP contribution is -2.41. The van der Waals surface area contributed by atoms with Gasteiger partial charge in [-0.15, -0.1) is 0 Å². The third-order valence-electron chi connectivity index (χ3n) is 6.53. The number of nitrogens with zero attached hydrogens (tertiary/aromatic N) is 1. The van der Waals surface area contributed by atoms with Crippen LogP contribution in [0.15, 0.2) is 0 Å². The molecule has 0 rings (SSSR count). The van der Waals surface area contributed by atoms with Crippen LogP contribution in [-0.2, 0) is 13.6 Å². The van der Waals surface area contributed by atoms with E-state index in [9.17, 15) is 9.46 Å². The summed E-state index contributed by atoms with van der Waals surface area (Å²) in [6.45, 7) is 7.20. The van der Waals surface area contributed by atoms with Gasteiger partial charge in [0.25, 0.3) is 0 Å². The van der Waals surface area contributed by atoms with Crippen LogP contribution in [0.5, 0.6) is 0 Å². The smallest absolute Gasteiger partial charge is 0.328 e. The Morgan fingerprint density at radius 2 is 0.879 bits per heavy atom. The molecule has 1 unspecified atom stereocenters. The summed E-state index contributed by atoms with van der Waals surface area (Å²) in [5.74, 6) is 0. The molecule has 0 amide bonds. The molecule has 0 aliphatic carbocycles. The molecule has 0 bridgehead atoms. The van der Waals surface area contributed by atoms with Gasteiger partial charge in [-0.1, -0.05) is 110 Å². The highest BCUT2D eigenvalue weighted by atomic mass is 31.2. The van der Waals surface area contributed by atoms with E-state index in [1.54, 1.807) is 0 Å². The lowest BCUT2D eigenvalue weighted by Gasteiger charge is -2.30. The Morgan fingerprint density at radius 1 is 0.545 bits per heavy atom. The van der Waals surface area contributed by atoms with E-state index in [2.05, 4.69) is 27.9 Å². The van der Waals surface area contributed by atoms with Gasteiger partial charge >= 0.3 is 7.82 Å². The third-order valence-corrected chi connectivity index (χ3v) is 7.55. The number of unbranched alkanes of at least 4 members (excludes halogenated alkanes) is 16. The fraction of sp³-hybridized carbons (Fsp3) is 1.00. The van der Waals surface area contributed by atoms with Crippen molar-refractivity contribution in [2.24, 2.45) is 0 Å². The van der Waals surface area contributed by atoms with Crippen molar-refractivity contribution in [3.63, 3.8) is 0 Å². The molecule has 1 N–H and O–H groups in total. The van der Waals surface area contributed by atoms with Gasteiger partial charge in [-0.3, -0.25) is 9.05 Å². The molecule has 0 aliphatic heterocycles. The quantitative estimate of drug-likeness (QED) is 0.0745. The third kappa shape index (κ3) is 25.0. The first kappa shape index (κ1) is 33.1. The van der Waals surface area contributed by atoms with Crippen LogP contribution in [0.2, 0.25) is 0 Å². The molecule has 0 aromatic rings. The Morgan fingerprint density at radius 3 is 1.33 bits per heavy atom. The van der Waals surface area contributed by atoms with E-state index in [1.165, 1.54) is 103 Å².